The summed E-state index contributed by atoms with van der Waals surface area (Å²) in [6, 6.07) is 2.80. The van der Waals surface area contributed by atoms with Gasteiger partial charge in [0.25, 0.3) is 0 Å². The van der Waals surface area contributed by atoms with Gasteiger partial charge in [-0.05, 0) is 32.6 Å². The van der Waals surface area contributed by atoms with Gasteiger partial charge in [0, 0.05) is 30.5 Å². The van der Waals surface area contributed by atoms with E-state index in [9.17, 15) is 19.6 Å². The summed E-state index contributed by atoms with van der Waals surface area (Å²) in [5.41, 5.74) is -0.611. The van der Waals surface area contributed by atoms with Crippen LogP contribution in [0.25, 0.3) is 0 Å². The highest BCUT2D eigenvalue weighted by molar-refractivity contribution is 8.42. The second-order valence-corrected chi connectivity index (χ2v) is 16.4. The van der Waals surface area contributed by atoms with Crippen LogP contribution in [0.15, 0.2) is 0 Å². The van der Waals surface area contributed by atoms with Crippen LogP contribution in [-0.4, -0.2) is 62.8 Å². The number of amides is 4. The van der Waals surface area contributed by atoms with Crippen molar-refractivity contribution < 1.29 is 14.4 Å². The van der Waals surface area contributed by atoms with Gasteiger partial charge < -0.3 is 21.3 Å². The summed E-state index contributed by atoms with van der Waals surface area (Å²) in [4.78, 5) is 36.8. The first kappa shape index (κ1) is 38.0. The van der Waals surface area contributed by atoms with E-state index in [4.69, 9.17) is 12.2 Å². The summed E-state index contributed by atoms with van der Waals surface area (Å²) in [5, 5.41) is 21.6. The molecule has 4 amide bonds. The van der Waals surface area contributed by atoms with Crippen LogP contribution in [-0.2, 0) is 9.59 Å². The monoisotopic (exact) mass is 671 g/mol. The fourth-order valence-electron chi connectivity index (χ4n) is 5.79. The molecule has 0 bridgehead atoms. The zero-order valence-corrected chi connectivity index (χ0v) is 29.4. The molecule has 0 spiro atoms. The standard InChI is InChI=1S/C31H53N5O3S4/c1-3-4-5-6-7-8-9-10-11-14-17-31(2,22-32)20-25(43-30(40)41)28(38)34-19-18-33-26(37)16-13-12-15-24-27-23(21-42-24)35-29(39)36-27/h23-25,27H,3-21H2,1-2H3,(H,33,37)(H,34,38)(H,40,41)(H2,35,36,39)/t23-,24-,25?,27-,31?/m1/s1. The minimum atomic E-state index is -0.611. The Morgan fingerprint density at radius 3 is 2.37 bits per heavy atom. The lowest BCUT2D eigenvalue weighted by molar-refractivity contribution is -0.122. The number of fused-ring (bicyclic) bond motifs is 1. The van der Waals surface area contributed by atoms with Crippen LogP contribution in [0, 0.1) is 16.7 Å². The van der Waals surface area contributed by atoms with E-state index in [-0.39, 0.29) is 29.9 Å². The second kappa shape index (κ2) is 21.6. The van der Waals surface area contributed by atoms with E-state index in [1.807, 2.05) is 18.7 Å². The molecule has 8 nitrogen and oxygen atoms in total. The third kappa shape index (κ3) is 15.6. The summed E-state index contributed by atoms with van der Waals surface area (Å²) in [6.07, 6.45) is 16.7. The van der Waals surface area contributed by atoms with Gasteiger partial charge in [-0.15, -0.1) is 12.6 Å². The van der Waals surface area contributed by atoms with Crippen LogP contribution < -0.4 is 21.3 Å². The Kier molecular flexibility index (Phi) is 19.1. The Labute approximate surface area is 279 Å². The minimum absolute atomic E-state index is 0.0296. The smallest absolute Gasteiger partial charge is 0.315 e. The Hall–Kier alpha value is -1.16. The van der Waals surface area contributed by atoms with Crippen LogP contribution in [0.4, 0.5) is 4.79 Å². The molecule has 2 unspecified atom stereocenters. The maximum atomic E-state index is 13.0. The molecule has 12 heteroatoms. The quantitative estimate of drug-likeness (QED) is 0.0364. The number of nitriles is 1. The largest absolute Gasteiger partial charge is 0.354 e. The number of urea groups is 1. The van der Waals surface area contributed by atoms with Crippen molar-refractivity contribution >= 4 is 69.7 Å². The highest BCUT2D eigenvalue weighted by Gasteiger charge is 2.42. The molecule has 43 heavy (non-hydrogen) atoms. The predicted octanol–water partition coefficient (Wildman–Crippen LogP) is 6.49. The molecule has 2 rings (SSSR count). The molecule has 2 heterocycles. The summed E-state index contributed by atoms with van der Waals surface area (Å²) >= 11 is 12.5. The fraction of sp³-hybridized carbons (Fsp3) is 0.839. The molecule has 2 aliphatic rings. The van der Waals surface area contributed by atoms with Crippen molar-refractivity contribution in [3.8, 4) is 6.07 Å². The molecule has 2 fully saturated rings. The van der Waals surface area contributed by atoms with Gasteiger partial charge in [-0.3, -0.25) is 9.59 Å². The average Bonchev–Trinajstić information content (AvgIpc) is 3.52. The molecule has 0 aromatic rings. The lowest BCUT2D eigenvalue weighted by Gasteiger charge is -2.26. The van der Waals surface area contributed by atoms with Crippen LogP contribution in [0.3, 0.4) is 0 Å². The van der Waals surface area contributed by atoms with Gasteiger partial charge >= 0.3 is 6.03 Å². The fourth-order valence-corrected chi connectivity index (χ4v) is 8.95. The number of nitrogens with one attached hydrogen (secondary N) is 4. The number of hydrogen-bond acceptors (Lipinski definition) is 7. The topological polar surface area (TPSA) is 123 Å². The highest BCUT2D eigenvalue weighted by atomic mass is 32.2. The van der Waals surface area contributed by atoms with Crippen LogP contribution in [0.2, 0.25) is 0 Å². The van der Waals surface area contributed by atoms with Gasteiger partial charge in [-0.25, -0.2) is 4.79 Å². The van der Waals surface area contributed by atoms with Gasteiger partial charge in [-0.1, -0.05) is 102 Å². The summed E-state index contributed by atoms with van der Waals surface area (Å²) in [7, 11) is 0. The van der Waals surface area contributed by atoms with Crippen molar-refractivity contribution in [2.24, 2.45) is 5.41 Å². The van der Waals surface area contributed by atoms with Crippen molar-refractivity contribution in [2.45, 2.75) is 139 Å². The van der Waals surface area contributed by atoms with Crippen molar-refractivity contribution in [2.75, 3.05) is 18.8 Å². The second-order valence-electron chi connectivity index (χ2n) is 12.2. The molecule has 0 radical (unpaired) electrons. The minimum Gasteiger partial charge on any atom is -0.354 e. The molecule has 244 valence electrons. The first-order chi connectivity index (χ1) is 20.7. The number of carbonyl (C=O) groups is 3. The SMILES string of the molecule is CCCCCCCCCCCCC(C)(C#N)CC(SC(=S)S)C(=O)NCCNC(=O)CCCC[C@H]1SC[C@H]2NC(=O)N[C@H]21. The molecular weight excluding hydrogens is 619 g/mol. The maximum absolute atomic E-state index is 13.0. The normalized spacial score (nSPS) is 21.2. The predicted molar refractivity (Wildman–Crippen MR) is 188 cm³/mol. The summed E-state index contributed by atoms with van der Waals surface area (Å²) in [6.45, 7) is 4.84. The summed E-state index contributed by atoms with van der Waals surface area (Å²) in [5.74, 6) is 0.730. The third-order valence-electron chi connectivity index (χ3n) is 8.35. The Bertz CT molecular complexity index is 934. The first-order valence-corrected chi connectivity index (χ1v) is 19.0. The molecule has 0 aromatic heterocycles. The van der Waals surface area contributed by atoms with E-state index >= 15 is 0 Å². The van der Waals surface area contributed by atoms with E-state index in [0.717, 1.165) is 44.3 Å². The van der Waals surface area contributed by atoms with Crippen molar-refractivity contribution in [3.63, 3.8) is 0 Å². The molecule has 5 atom stereocenters. The lowest BCUT2D eigenvalue weighted by atomic mass is 9.81. The molecule has 0 saturated carbocycles. The van der Waals surface area contributed by atoms with Crippen LogP contribution in [0.1, 0.15) is 117 Å². The maximum Gasteiger partial charge on any atom is 0.315 e. The zero-order valence-electron chi connectivity index (χ0n) is 26.1. The van der Waals surface area contributed by atoms with Crippen molar-refractivity contribution in [3.05, 3.63) is 0 Å². The van der Waals surface area contributed by atoms with Crippen molar-refractivity contribution in [1.29, 1.82) is 5.26 Å². The van der Waals surface area contributed by atoms with E-state index in [2.05, 4.69) is 46.9 Å². The average molecular weight is 672 g/mol. The Balaban J connectivity index is 1.60. The zero-order chi connectivity index (χ0) is 31.5. The van der Waals surface area contributed by atoms with Gasteiger partial charge in [0.05, 0.1) is 28.8 Å². The number of thiocarbonyl (C=S) groups is 1. The number of carbonyl (C=O) groups excluding carboxylic acids is 3. The van der Waals surface area contributed by atoms with E-state index in [1.165, 1.54) is 63.1 Å². The molecule has 2 aliphatic heterocycles. The van der Waals surface area contributed by atoms with Gasteiger partial charge in [0.1, 0.15) is 3.53 Å². The van der Waals surface area contributed by atoms with E-state index < -0.39 is 10.7 Å². The Morgan fingerprint density at radius 2 is 1.72 bits per heavy atom. The molecular formula is C31H53N5O3S4. The van der Waals surface area contributed by atoms with Crippen molar-refractivity contribution in [1.82, 2.24) is 21.3 Å². The molecule has 0 aliphatic carbocycles. The third-order valence-corrected chi connectivity index (χ3v) is 11.3. The van der Waals surface area contributed by atoms with E-state index in [1.54, 1.807) is 0 Å². The number of thiol groups is 1. The first-order valence-electron chi connectivity index (χ1n) is 16.2. The molecule has 0 aromatic carbocycles. The number of hydrogen-bond donors (Lipinski definition) is 5. The number of rotatable bonds is 23. The summed E-state index contributed by atoms with van der Waals surface area (Å²) < 4.78 is 0.380. The molecule has 4 N–H and O–H groups in total. The van der Waals surface area contributed by atoms with Crippen LogP contribution >= 0.6 is 48.4 Å². The number of unbranched alkanes of at least 4 members (excludes halogenated alkanes) is 10. The van der Waals surface area contributed by atoms with E-state index in [0.29, 0.717) is 34.7 Å². The highest BCUT2D eigenvalue weighted by Crippen LogP contribution is 2.35. The van der Waals surface area contributed by atoms with Gasteiger partial charge in [0.2, 0.25) is 11.8 Å². The van der Waals surface area contributed by atoms with Gasteiger partial charge in [0.15, 0.2) is 0 Å². The lowest BCUT2D eigenvalue weighted by Crippen LogP contribution is -2.40. The van der Waals surface area contributed by atoms with Crippen LogP contribution in [0.5, 0.6) is 0 Å². The Morgan fingerprint density at radius 1 is 1.07 bits per heavy atom. The number of thioether (sulfide) groups is 2. The van der Waals surface area contributed by atoms with Gasteiger partial charge in [-0.2, -0.15) is 17.0 Å². The number of nitrogens with zero attached hydrogens (tertiary/aromatic N) is 1. The molecule has 2 saturated heterocycles.